The monoisotopic (exact) mass is 273 g/mol. The summed E-state index contributed by atoms with van der Waals surface area (Å²) in [5.74, 6) is 0.450. The molecule has 0 saturated heterocycles. The Bertz CT molecular complexity index is 790. The highest BCUT2D eigenvalue weighted by molar-refractivity contribution is 7.98. The zero-order valence-corrected chi connectivity index (χ0v) is 10.9. The molecule has 0 radical (unpaired) electrons. The molecule has 0 aliphatic heterocycles. The quantitative estimate of drug-likeness (QED) is 0.689. The second kappa shape index (κ2) is 4.43. The Balaban J connectivity index is 2.17. The van der Waals surface area contributed by atoms with Crippen molar-refractivity contribution in [3.05, 3.63) is 40.7 Å². The highest BCUT2D eigenvalue weighted by Gasteiger charge is 2.08. The van der Waals surface area contributed by atoms with Crippen molar-refractivity contribution in [1.29, 1.82) is 0 Å². The van der Waals surface area contributed by atoms with Crippen LogP contribution in [-0.2, 0) is 0 Å². The molecule has 3 rings (SSSR count). The SMILES string of the molecule is CSc1ccc(-c2cc(=O)n3c(N)n[nH]c3n2)cc1. The number of thioether (sulfide) groups is 1. The van der Waals surface area contributed by atoms with Crippen LogP contribution in [0.25, 0.3) is 17.0 Å². The molecule has 3 aromatic rings. The molecule has 0 unspecified atom stereocenters. The lowest BCUT2D eigenvalue weighted by atomic mass is 10.1. The molecule has 0 spiro atoms. The van der Waals surface area contributed by atoms with E-state index >= 15 is 0 Å². The van der Waals surface area contributed by atoms with Gasteiger partial charge < -0.3 is 5.73 Å². The first-order chi connectivity index (χ1) is 9.19. The summed E-state index contributed by atoms with van der Waals surface area (Å²) in [6.45, 7) is 0. The van der Waals surface area contributed by atoms with E-state index in [9.17, 15) is 4.79 Å². The summed E-state index contributed by atoms with van der Waals surface area (Å²) in [5.41, 5.74) is 6.81. The van der Waals surface area contributed by atoms with Gasteiger partial charge in [-0.15, -0.1) is 16.9 Å². The fourth-order valence-electron chi connectivity index (χ4n) is 1.85. The fourth-order valence-corrected chi connectivity index (χ4v) is 2.25. The van der Waals surface area contributed by atoms with Crippen LogP contribution in [0, 0.1) is 0 Å². The van der Waals surface area contributed by atoms with Gasteiger partial charge in [-0.3, -0.25) is 4.79 Å². The smallest absolute Gasteiger partial charge is 0.262 e. The number of aromatic nitrogens is 4. The number of benzene rings is 1. The number of aromatic amines is 1. The Kier molecular flexibility index (Phi) is 2.75. The molecule has 0 amide bonds. The van der Waals surface area contributed by atoms with Gasteiger partial charge >= 0.3 is 0 Å². The zero-order chi connectivity index (χ0) is 13.4. The molecule has 0 aliphatic carbocycles. The summed E-state index contributed by atoms with van der Waals surface area (Å²) in [4.78, 5) is 17.5. The average molecular weight is 273 g/mol. The number of hydrogen-bond acceptors (Lipinski definition) is 5. The van der Waals surface area contributed by atoms with E-state index in [1.807, 2.05) is 30.5 Å². The highest BCUT2D eigenvalue weighted by Crippen LogP contribution is 2.21. The summed E-state index contributed by atoms with van der Waals surface area (Å²) < 4.78 is 1.24. The number of rotatable bonds is 2. The third-order valence-electron chi connectivity index (χ3n) is 2.80. The number of anilines is 1. The summed E-state index contributed by atoms with van der Waals surface area (Å²) in [6.07, 6.45) is 2.01. The van der Waals surface area contributed by atoms with Gasteiger partial charge in [-0.25, -0.2) is 14.5 Å². The molecule has 19 heavy (non-hydrogen) atoms. The predicted octanol–water partition coefficient (Wildman–Crippen LogP) is 1.39. The van der Waals surface area contributed by atoms with Crippen molar-refractivity contribution in [2.75, 3.05) is 12.0 Å². The second-order valence-corrected chi connectivity index (χ2v) is 4.83. The van der Waals surface area contributed by atoms with Gasteiger partial charge in [0, 0.05) is 16.5 Å². The Hall–Kier alpha value is -2.28. The normalized spacial score (nSPS) is 11.0. The van der Waals surface area contributed by atoms with Crippen LogP contribution >= 0.6 is 11.8 Å². The number of nitrogen functional groups attached to an aromatic ring is 1. The first-order valence-electron chi connectivity index (χ1n) is 5.57. The molecular formula is C12H11N5OS. The molecule has 96 valence electrons. The first-order valence-corrected chi connectivity index (χ1v) is 6.79. The molecule has 0 fully saturated rings. The van der Waals surface area contributed by atoms with Gasteiger partial charge in [-0.1, -0.05) is 12.1 Å². The Morgan fingerprint density at radius 2 is 2.05 bits per heavy atom. The maximum Gasteiger partial charge on any atom is 0.262 e. The summed E-state index contributed by atoms with van der Waals surface area (Å²) in [5, 5.41) is 6.40. The van der Waals surface area contributed by atoms with Crippen molar-refractivity contribution >= 4 is 23.5 Å². The Morgan fingerprint density at radius 1 is 1.32 bits per heavy atom. The van der Waals surface area contributed by atoms with Gasteiger partial charge in [0.25, 0.3) is 5.56 Å². The van der Waals surface area contributed by atoms with Crippen LogP contribution in [0.15, 0.2) is 40.0 Å². The van der Waals surface area contributed by atoms with Crippen LogP contribution < -0.4 is 11.3 Å². The second-order valence-electron chi connectivity index (χ2n) is 3.95. The lowest BCUT2D eigenvalue weighted by molar-refractivity contribution is 1.07. The van der Waals surface area contributed by atoms with Gasteiger partial charge in [-0.2, -0.15) is 0 Å². The molecule has 0 aliphatic rings. The standard InChI is InChI=1S/C12H11N5OS/c1-19-8-4-2-7(3-5-8)9-6-10(18)17-11(13)15-16-12(17)14-9/h2-6H,1H3,(H2,13,15)(H,14,16). The Morgan fingerprint density at radius 3 is 2.74 bits per heavy atom. The van der Waals surface area contributed by atoms with Gasteiger partial charge in [0.05, 0.1) is 5.69 Å². The summed E-state index contributed by atoms with van der Waals surface area (Å²) in [6, 6.07) is 9.30. The van der Waals surface area contributed by atoms with Crippen molar-refractivity contribution in [2.24, 2.45) is 0 Å². The topological polar surface area (TPSA) is 89.1 Å². The van der Waals surface area contributed by atoms with Crippen LogP contribution in [0.2, 0.25) is 0 Å². The van der Waals surface area contributed by atoms with Crippen LogP contribution in [0.1, 0.15) is 0 Å². The van der Waals surface area contributed by atoms with Gasteiger partial charge in [0.2, 0.25) is 11.7 Å². The van der Waals surface area contributed by atoms with Crippen molar-refractivity contribution < 1.29 is 0 Å². The molecule has 6 nitrogen and oxygen atoms in total. The molecule has 7 heteroatoms. The lowest BCUT2D eigenvalue weighted by Gasteiger charge is -2.02. The third-order valence-corrected chi connectivity index (χ3v) is 3.55. The zero-order valence-electron chi connectivity index (χ0n) is 10.1. The van der Waals surface area contributed by atoms with E-state index in [-0.39, 0.29) is 11.5 Å². The molecule has 0 atom stereocenters. The summed E-state index contributed by atoms with van der Waals surface area (Å²) >= 11 is 1.66. The average Bonchev–Trinajstić information content (AvgIpc) is 2.81. The van der Waals surface area contributed by atoms with Gasteiger partial charge in [-0.05, 0) is 18.4 Å². The van der Waals surface area contributed by atoms with Crippen LogP contribution in [0.5, 0.6) is 0 Å². The summed E-state index contributed by atoms with van der Waals surface area (Å²) in [7, 11) is 0. The number of fused-ring (bicyclic) bond motifs is 1. The van der Waals surface area contributed by atoms with Crippen molar-refractivity contribution in [2.45, 2.75) is 4.90 Å². The van der Waals surface area contributed by atoms with E-state index < -0.39 is 0 Å². The van der Waals surface area contributed by atoms with Crippen LogP contribution in [-0.4, -0.2) is 25.8 Å². The van der Waals surface area contributed by atoms with Crippen molar-refractivity contribution in [3.8, 4) is 11.3 Å². The van der Waals surface area contributed by atoms with Gasteiger partial charge in [0.1, 0.15) is 0 Å². The number of nitrogens with zero attached hydrogens (tertiary/aromatic N) is 3. The third kappa shape index (κ3) is 1.97. The number of nitrogens with two attached hydrogens (primary N) is 1. The molecular weight excluding hydrogens is 262 g/mol. The van der Waals surface area contributed by atoms with E-state index in [0.29, 0.717) is 11.5 Å². The number of H-pyrrole nitrogens is 1. The largest absolute Gasteiger partial charge is 0.368 e. The number of nitrogens with one attached hydrogen (secondary N) is 1. The van der Waals surface area contributed by atoms with E-state index in [4.69, 9.17) is 5.73 Å². The van der Waals surface area contributed by atoms with E-state index in [2.05, 4.69) is 15.2 Å². The molecule has 0 bridgehead atoms. The maximum absolute atomic E-state index is 12.0. The van der Waals surface area contributed by atoms with E-state index in [1.165, 1.54) is 10.5 Å². The molecule has 2 aromatic heterocycles. The predicted molar refractivity (Wildman–Crippen MR) is 75.2 cm³/mol. The first kappa shape index (κ1) is 11.8. The molecule has 2 heterocycles. The van der Waals surface area contributed by atoms with Gasteiger partial charge in [0.15, 0.2) is 0 Å². The minimum Gasteiger partial charge on any atom is -0.368 e. The van der Waals surface area contributed by atoms with Crippen LogP contribution in [0.4, 0.5) is 5.95 Å². The number of hydrogen-bond donors (Lipinski definition) is 2. The molecule has 3 N–H and O–H groups in total. The van der Waals surface area contributed by atoms with Crippen molar-refractivity contribution in [3.63, 3.8) is 0 Å². The Labute approximate surface area is 112 Å². The van der Waals surface area contributed by atoms with E-state index in [0.717, 1.165) is 10.5 Å². The van der Waals surface area contributed by atoms with Crippen LogP contribution in [0.3, 0.4) is 0 Å². The lowest BCUT2D eigenvalue weighted by Crippen LogP contribution is -2.15. The fraction of sp³-hybridized carbons (Fsp3) is 0.0833. The minimum atomic E-state index is -0.250. The molecule has 1 aromatic carbocycles. The highest BCUT2D eigenvalue weighted by atomic mass is 32.2. The van der Waals surface area contributed by atoms with E-state index in [1.54, 1.807) is 11.8 Å². The molecule has 0 saturated carbocycles. The maximum atomic E-state index is 12.0. The minimum absolute atomic E-state index is 0.108. The van der Waals surface area contributed by atoms with Crippen molar-refractivity contribution in [1.82, 2.24) is 19.6 Å².